The Morgan fingerprint density at radius 2 is 2.19 bits per heavy atom. The summed E-state index contributed by atoms with van der Waals surface area (Å²) in [5.41, 5.74) is 0.680. The first-order valence-electron chi connectivity index (χ1n) is 6.85. The van der Waals surface area contributed by atoms with Gasteiger partial charge in [0, 0.05) is 26.2 Å². The molecule has 0 atom stereocenters. The number of pyridine rings is 1. The lowest BCUT2D eigenvalue weighted by Crippen LogP contribution is -2.46. The topological polar surface area (TPSA) is 88.0 Å². The first-order valence-corrected chi connectivity index (χ1v) is 6.85. The molecule has 2 aromatic heterocycles. The molecule has 2 N–H and O–H groups in total. The molecule has 21 heavy (non-hydrogen) atoms. The lowest BCUT2D eigenvalue weighted by molar-refractivity contribution is -0.117. The van der Waals surface area contributed by atoms with Crippen LogP contribution in [0.25, 0.3) is 5.82 Å². The fourth-order valence-electron chi connectivity index (χ4n) is 2.19. The van der Waals surface area contributed by atoms with Crippen LogP contribution >= 0.6 is 0 Å². The molecular formula is C13H17N7O. The SMILES string of the molecule is O=C(CN1CCNCC1)Nc1ccc(-n2cncn2)nc1. The summed E-state index contributed by atoms with van der Waals surface area (Å²) in [5, 5.41) is 10.1. The minimum absolute atomic E-state index is 0.0211. The molecule has 2 aromatic rings. The van der Waals surface area contributed by atoms with Gasteiger partial charge in [-0.15, -0.1) is 0 Å². The second-order valence-electron chi connectivity index (χ2n) is 4.82. The molecule has 1 amide bonds. The van der Waals surface area contributed by atoms with Crippen LogP contribution in [-0.2, 0) is 4.79 Å². The number of hydrogen-bond acceptors (Lipinski definition) is 6. The lowest BCUT2D eigenvalue weighted by Gasteiger charge is -2.26. The molecule has 0 unspecified atom stereocenters. The molecule has 0 radical (unpaired) electrons. The van der Waals surface area contributed by atoms with Crippen LogP contribution in [0.5, 0.6) is 0 Å². The van der Waals surface area contributed by atoms with Gasteiger partial charge in [-0.1, -0.05) is 0 Å². The van der Waals surface area contributed by atoms with Crippen molar-refractivity contribution in [3.05, 3.63) is 31.0 Å². The van der Waals surface area contributed by atoms with Gasteiger partial charge in [-0.05, 0) is 12.1 Å². The fraction of sp³-hybridized carbons (Fsp3) is 0.385. The van der Waals surface area contributed by atoms with Gasteiger partial charge < -0.3 is 10.6 Å². The third kappa shape index (κ3) is 3.61. The van der Waals surface area contributed by atoms with E-state index in [1.165, 1.54) is 6.33 Å². The van der Waals surface area contributed by atoms with E-state index in [1.54, 1.807) is 29.3 Å². The number of nitrogens with one attached hydrogen (secondary N) is 2. The highest BCUT2D eigenvalue weighted by atomic mass is 16.2. The van der Waals surface area contributed by atoms with Crippen LogP contribution in [0.3, 0.4) is 0 Å². The molecule has 1 fully saturated rings. The van der Waals surface area contributed by atoms with Gasteiger partial charge in [0.25, 0.3) is 0 Å². The Kier molecular flexibility index (Phi) is 4.17. The van der Waals surface area contributed by atoms with Crippen molar-refractivity contribution >= 4 is 11.6 Å². The highest BCUT2D eigenvalue weighted by molar-refractivity contribution is 5.92. The highest BCUT2D eigenvalue weighted by Gasteiger charge is 2.13. The minimum Gasteiger partial charge on any atom is -0.324 e. The molecule has 0 aromatic carbocycles. The Balaban J connectivity index is 1.56. The molecule has 1 aliphatic heterocycles. The Morgan fingerprint density at radius 1 is 1.33 bits per heavy atom. The van der Waals surface area contributed by atoms with E-state index in [0.29, 0.717) is 18.1 Å². The van der Waals surface area contributed by atoms with Crippen LogP contribution in [0.4, 0.5) is 5.69 Å². The normalized spacial score (nSPS) is 15.8. The number of rotatable bonds is 4. The number of carbonyl (C=O) groups is 1. The van der Waals surface area contributed by atoms with E-state index in [0.717, 1.165) is 26.2 Å². The Labute approximate surface area is 122 Å². The zero-order valence-electron chi connectivity index (χ0n) is 11.6. The number of amides is 1. The maximum atomic E-state index is 12.0. The maximum absolute atomic E-state index is 12.0. The predicted molar refractivity (Wildman–Crippen MR) is 77.1 cm³/mol. The summed E-state index contributed by atoms with van der Waals surface area (Å²) in [4.78, 5) is 22.2. The van der Waals surface area contributed by atoms with Crippen molar-refractivity contribution < 1.29 is 4.79 Å². The summed E-state index contributed by atoms with van der Waals surface area (Å²) in [7, 11) is 0. The summed E-state index contributed by atoms with van der Waals surface area (Å²) in [5.74, 6) is 0.639. The smallest absolute Gasteiger partial charge is 0.238 e. The van der Waals surface area contributed by atoms with Gasteiger partial charge in [-0.2, -0.15) is 5.10 Å². The molecule has 8 nitrogen and oxygen atoms in total. The number of hydrogen-bond donors (Lipinski definition) is 2. The number of carbonyl (C=O) groups excluding carboxylic acids is 1. The molecule has 3 rings (SSSR count). The molecule has 0 saturated carbocycles. The molecule has 0 spiro atoms. The van der Waals surface area contributed by atoms with Crippen LogP contribution in [0.15, 0.2) is 31.0 Å². The zero-order valence-corrected chi connectivity index (χ0v) is 11.6. The molecule has 1 aliphatic rings. The van der Waals surface area contributed by atoms with E-state index in [9.17, 15) is 4.79 Å². The molecular weight excluding hydrogens is 270 g/mol. The number of anilines is 1. The molecule has 0 bridgehead atoms. The van der Waals surface area contributed by atoms with E-state index < -0.39 is 0 Å². The summed E-state index contributed by atoms with van der Waals surface area (Å²) in [6.45, 7) is 4.07. The van der Waals surface area contributed by atoms with Crippen molar-refractivity contribution in [3.8, 4) is 5.82 Å². The van der Waals surface area contributed by atoms with Gasteiger partial charge in [-0.25, -0.2) is 14.6 Å². The summed E-state index contributed by atoms with van der Waals surface area (Å²) < 4.78 is 1.56. The Morgan fingerprint density at radius 3 is 2.86 bits per heavy atom. The third-order valence-electron chi connectivity index (χ3n) is 3.26. The van der Waals surface area contributed by atoms with Crippen LogP contribution < -0.4 is 10.6 Å². The molecule has 110 valence electrons. The molecule has 0 aliphatic carbocycles. The number of piperazine rings is 1. The standard InChI is InChI=1S/C13H17N7O/c21-13(8-19-5-3-14-4-6-19)18-11-1-2-12(16-7-11)20-10-15-9-17-20/h1-2,7,9-10,14H,3-6,8H2,(H,18,21). The molecule has 1 saturated heterocycles. The van der Waals surface area contributed by atoms with E-state index in [2.05, 4.69) is 30.6 Å². The van der Waals surface area contributed by atoms with Crippen LogP contribution in [0.2, 0.25) is 0 Å². The van der Waals surface area contributed by atoms with Gasteiger partial charge in [0.2, 0.25) is 5.91 Å². The van der Waals surface area contributed by atoms with E-state index in [1.807, 2.05) is 0 Å². The van der Waals surface area contributed by atoms with Crippen molar-refractivity contribution in [1.82, 2.24) is 30.0 Å². The van der Waals surface area contributed by atoms with Gasteiger partial charge in [-0.3, -0.25) is 9.69 Å². The van der Waals surface area contributed by atoms with Crippen molar-refractivity contribution in [3.63, 3.8) is 0 Å². The summed E-state index contributed by atoms with van der Waals surface area (Å²) >= 11 is 0. The van der Waals surface area contributed by atoms with Crippen molar-refractivity contribution in [1.29, 1.82) is 0 Å². The fourth-order valence-corrected chi connectivity index (χ4v) is 2.19. The Bertz CT molecular complexity index is 575. The summed E-state index contributed by atoms with van der Waals surface area (Å²) in [6, 6.07) is 3.59. The second kappa shape index (κ2) is 6.42. The third-order valence-corrected chi connectivity index (χ3v) is 3.26. The van der Waals surface area contributed by atoms with Gasteiger partial charge >= 0.3 is 0 Å². The maximum Gasteiger partial charge on any atom is 0.238 e. The largest absolute Gasteiger partial charge is 0.324 e. The first-order chi connectivity index (χ1) is 10.3. The van der Waals surface area contributed by atoms with Gasteiger partial charge in [0.1, 0.15) is 12.7 Å². The molecule has 3 heterocycles. The average molecular weight is 287 g/mol. The minimum atomic E-state index is -0.0211. The first kappa shape index (κ1) is 13.7. The highest BCUT2D eigenvalue weighted by Crippen LogP contribution is 2.08. The average Bonchev–Trinajstić information content (AvgIpc) is 3.03. The van der Waals surface area contributed by atoms with Crippen molar-refractivity contribution in [2.24, 2.45) is 0 Å². The zero-order chi connectivity index (χ0) is 14.5. The van der Waals surface area contributed by atoms with Crippen molar-refractivity contribution in [2.45, 2.75) is 0 Å². The number of aromatic nitrogens is 4. The van der Waals surface area contributed by atoms with Gasteiger partial charge in [0.15, 0.2) is 5.82 Å². The van der Waals surface area contributed by atoms with E-state index >= 15 is 0 Å². The Hall–Kier alpha value is -2.32. The van der Waals surface area contributed by atoms with Crippen LogP contribution in [0, 0.1) is 0 Å². The lowest BCUT2D eigenvalue weighted by atomic mass is 10.3. The van der Waals surface area contributed by atoms with Crippen LogP contribution in [0.1, 0.15) is 0 Å². The van der Waals surface area contributed by atoms with Crippen LogP contribution in [-0.4, -0.2) is 63.3 Å². The van der Waals surface area contributed by atoms with E-state index in [4.69, 9.17) is 0 Å². The summed E-state index contributed by atoms with van der Waals surface area (Å²) in [6.07, 6.45) is 4.64. The number of nitrogens with zero attached hydrogens (tertiary/aromatic N) is 5. The second-order valence-corrected chi connectivity index (χ2v) is 4.82. The van der Waals surface area contributed by atoms with Crippen molar-refractivity contribution in [2.75, 3.05) is 38.0 Å². The van der Waals surface area contributed by atoms with Gasteiger partial charge in [0.05, 0.1) is 18.4 Å². The van der Waals surface area contributed by atoms with E-state index in [-0.39, 0.29) is 5.91 Å². The predicted octanol–water partition coefficient (Wildman–Crippen LogP) is -0.494. The monoisotopic (exact) mass is 287 g/mol. The molecule has 8 heteroatoms. The quantitative estimate of drug-likeness (QED) is 0.788.